The number of likely N-dealkylation sites (N-methyl/N-ethyl adjacent to an activating group) is 1. The fourth-order valence-electron chi connectivity index (χ4n) is 10.2. The number of carbonyl (C=O) groups is 7. The number of likely N-dealkylation sites (tertiary alicyclic amines) is 2. The number of nitrogens with zero attached hydrogens (tertiary/aromatic N) is 2. The first kappa shape index (κ1) is 49.3. The van der Waals surface area contributed by atoms with Crippen molar-refractivity contribution in [2.45, 2.75) is 168 Å². The normalized spacial score (nSPS) is 22.3. The minimum absolute atomic E-state index is 0.00358. The standard InChI is InChI=1S/C51H73N7O7/c1-9-31(6)46(60)55-44(29(2)3)50(64)57-26-14-25-42(57)49(63)54-40-23-13-18-35-37(40)20-11-21-38(35)43(59)28-33-16-10-19-36-34(33)17-12-22-39(36)53-48(62)41-24-15-27-58(41)51(65)45(30(4)5)56-47(61)32(7)52-8/h10-11,16,19-21,29-32,39-42,44-45,52H,9,12-15,17-18,22-28H2,1-8H3,(H,53,62)(H,54,63)(H,55,60)(H,56,61)/t31-,32+,39-,40-,41+,42+,44+,45+/m1/s1. The van der Waals surface area contributed by atoms with Gasteiger partial charge in [0.05, 0.1) is 18.1 Å². The lowest BCUT2D eigenvalue weighted by molar-refractivity contribution is -0.143. The lowest BCUT2D eigenvalue weighted by Gasteiger charge is -2.33. The molecule has 2 aromatic rings. The number of fused-ring (bicyclic) bond motifs is 2. The number of ketones is 1. The highest BCUT2D eigenvalue weighted by Crippen LogP contribution is 2.36. The molecule has 2 saturated heterocycles. The van der Waals surface area contributed by atoms with E-state index in [1.807, 2.05) is 77.9 Å². The molecule has 2 fully saturated rings. The van der Waals surface area contributed by atoms with Gasteiger partial charge in [-0.3, -0.25) is 33.6 Å². The zero-order valence-corrected chi connectivity index (χ0v) is 39.9. The van der Waals surface area contributed by atoms with Crippen LogP contribution in [0, 0.1) is 17.8 Å². The first-order valence-corrected chi connectivity index (χ1v) is 24.3. The van der Waals surface area contributed by atoms with Crippen molar-refractivity contribution in [2.75, 3.05) is 20.1 Å². The van der Waals surface area contributed by atoms with Crippen molar-refractivity contribution in [1.82, 2.24) is 36.4 Å². The van der Waals surface area contributed by atoms with Crippen molar-refractivity contribution in [3.63, 3.8) is 0 Å². The molecule has 5 N–H and O–H groups in total. The Kier molecular flexibility index (Phi) is 16.6. The molecule has 2 heterocycles. The average Bonchev–Trinajstić information content (AvgIpc) is 4.00. The van der Waals surface area contributed by atoms with Crippen LogP contribution in [0.4, 0.5) is 0 Å². The summed E-state index contributed by atoms with van der Waals surface area (Å²) < 4.78 is 0. The SMILES string of the molecule is CC[C@@H](C)C(=O)N[C@H](C(=O)N1CCC[C@H]1C(=O)N[C@@H]1CCCc2c(C(=O)Cc3cccc4c3CCC[C@H]4NC(=O)[C@@H]3CCCN3C(=O)[C@@H](NC(=O)[C@H](C)NC)C(C)C)cccc21)C(C)C. The smallest absolute Gasteiger partial charge is 0.246 e. The van der Waals surface area contributed by atoms with Crippen LogP contribution in [0.2, 0.25) is 0 Å². The molecule has 0 saturated carbocycles. The molecule has 2 aromatic carbocycles. The Balaban J connectivity index is 1.13. The molecular weight excluding hydrogens is 823 g/mol. The minimum Gasteiger partial charge on any atom is -0.347 e. The van der Waals surface area contributed by atoms with Gasteiger partial charge in [0.2, 0.25) is 35.4 Å². The molecule has 6 rings (SSSR count). The lowest BCUT2D eigenvalue weighted by atomic mass is 9.81. The number of nitrogens with one attached hydrogen (secondary N) is 5. The van der Waals surface area contributed by atoms with Crippen LogP contribution < -0.4 is 26.6 Å². The molecule has 8 atom stereocenters. The Hall–Kier alpha value is -5.11. The quantitative estimate of drug-likeness (QED) is 0.137. The van der Waals surface area contributed by atoms with Gasteiger partial charge in [0.25, 0.3) is 0 Å². The van der Waals surface area contributed by atoms with Gasteiger partial charge in [-0.2, -0.15) is 0 Å². The molecule has 2 aliphatic heterocycles. The number of amides is 6. The van der Waals surface area contributed by atoms with Gasteiger partial charge >= 0.3 is 0 Å². The van der Waals surface area contributed by atoms with E-state index in [0.29, 0.717) is 63.6 Å². The number of benzene rings is 2. The highest BCUT2D eigenvalue weighted by Gasteiger charge is 2.42. The summed E-state index contributed by atoms with van der Waals surface area (Å²) >= 11 is 0. The topological polar surface area (TPSA) is 186 Å². The van der Waals surface area contributed by atoms with Crippen molar-refractivity contribution < 1.29 is 33.6 Å². The summed E-state index contributed by atoms with van der Waals surface area (Å²) in [5.41, 5.74) is 5.52. The number of rotatable bonds is 17. The lowest BCUT2D eigenvalue weighted by Crippen LogP contribution is -2.57. The maximum Gasteiger partial charge on any atom is 0.246 e. The van der Waals surface area contributed by atoms with Gasteiger partial charge in [0, 0.05) is 31.0 Å². The van der Waals surface area contributed by atoms with E-state index in [1.165, 1.54) is 0 Å². The molecule has 14 nitrogen and oxygen atoms in total. The van der Waals surface area contributed by atoms with Crippen LogP contribution in [-0.4, -0.2) is 101 Å². The minimum atomic E-state index is -0.749. The van der Waals surface area contributed by atoms with Crippen molar-refractivity contribution in [3.05, 3.63) is 69.8 Å². The van der Waals surface area contributed by atoms with Crippen molar-refractivity contribution in [2.24, 2.45) is 17.8 Å². The summed E-state index contributed by atoms with van der Waals surface area (Å²) in [5.74, 6) is -1.85. The van der Waals surface area contributed by atoms with Crippen LogP contribution in [0.1, 0.15) is 157 Å². The summed E-state index contributed by atoms with van der Waals surface area (Å²) in [6.07, 6.45) is 7.91. The molecule has 354 valence electrons. The first-order chi connectivity index (χ1) is 31.1. The fraction of sp³-hybridized carbons (Fsp3) is 0.627. The summed E-state index contributed by atoms with van der Waals surface area (Å²) in [7, 11) is 1.69. The Morgan fingerprint density at radius 3 is 1.63 bits per heavy atom. The average molecular weight is 896 g/mol. The molecular formula is C51H73N7O7. The van der Waals surface area contributed by atoms with Crippen LogP contribution in [-0.2, 0) is 48.0 Å². The van der Waals surface area contributed by atoms with E-state index in [2.05, 4.69) is 26.6 Å². The van der Waals surface area contributed by atoms with Crippen LogP contribution in [0.3, 0.4) is 0 Å². The van der Waals surface area contributed by atoms with Gasteiger partial charge in [0.15, 0.2) is 5.78 Å². The van der Waals surface area contributed by atoms with E-state index < -0.39 is 30.2 Å². The third-order valence-corrected chi connectivity index (χ3v) is 14.4. The van der Waals surface area contributed by atoms with Gasteiger partial charge in [0.1, 0.15) is 24.2 Å². The van der Waals surface area contributed by atoms with E-state index in [-0.39, 0.29) is 77.5 Å². The van der Waals surface area contributed by atoms with Crippen LogP contribution in [0.25, 0.3) is 0 Å². The van der Waals surface area contributed by atoms with Gasteiger partial charge in [-0.05, 0) is 124 Å². The monoisotopic (exact) mass is 896 g/mol. The van der Waals surface area contributed by atoms with E-state index in [9.17, 15) is 33.6 Å². The van der Waals surface area contributed by atoms with Crippen molar-refractivity contribution in [1.29, 1.82) is 0 Å². The largest absolute Gasteiger partial charge is 0.347 e. The number of hydrogen-bond donors (Lipinski definition) is 5. The predicted octanol–water partition coefficient (Wildman–Crippen LogP) is 5.02. The Morgan fingerprint density at radius 1 is 0.631 bits per heavy atom. The highest BCUT2D eigenvalue weighted by atomic mass is 16.2. The van der Waals surface area contributed by atoms with Crippen molar-refractivity contribution >= 4 is 41.2 Å². The maximum absolute atomic E-state index is 14.3. The summed E-state index contributed by atoms with van der Waals surface area (Å²) in [6.45, 7) is 14.0. The molecule has 65 heavy (non-hydrogen) atoms. The van der Waals surface area contributed by atoms with Crippen molar-refractivity contribution in [3.8, 4) is 0 Å². The van der Waals surface area contributed by atoms with E-state index in [4.69, 9.17) is 0 Å². The molecule has 0 spiro atoms. The molecule has 14 heteroatoms. The Bertz CT molecular complexity index is 2100. The molecule has 0 bridgehead atoms. The van der Waals surface area contributed by atoms with Crippen LogP contribution in [0.5, 0.6) is 0 Å². The van der Waals surface area contributed by atoms with Gasteiger partial charge in [-0.1, -0.05) is 77.9 Å². The Morgan fingerprint density at radius 2 is 1.12 bits per heavy atom. The predicted molar refractivity (Wildman–Crippen MR) is 250 cm³/mol. The maximum atomic E-state index is 14.3. The Labute approximate surface area is 385 Å². The molecule has 6 amide bonds. The second-order valence-electron chi connectivity index (χ2n) is 19.5. The second kappa shape index (κ2) is 21.9. The number of Topliss-reactive ketones (excluding diaryl/α,β-unsaturated/α-hetero) is 1. The molecule has 0 radical (unpaired) electrons. The summed E-state index contributed by atoms with van der Waals surface area (Å²) in [4.78, 5) is 99.0. The van der Waals surface area contributed by atoms with E-state index in [0.717, 1.165) is 53.5 Å². The molecule has 4 aliphatic rings. The number of carbonyl (C=O) groups excluding carboxylic acids is 7. The molecule has 0 unspecified atom stereocenters. The fourth-order valence-corrected chi connectivity index (χ4v) is 10.2. The molecule has 2 aliphatic carbocycles. The highest BCUT2D eigenvalue weighted by molar-refractivity contribution is 6.00. The zero-order chi connectivity index (χ0) is 47.1. The number of hydrogen-bond acceptors (Lipinski definition) is 8. The third-order valence-electron chi connectivity index (χ3n) is 14.4. The third kappa shape index (κ3) is 11.1. The first-order valence-electron chi connectivity index (χ1n) is 24.3. The van der Waals surface area contributed by atoms with Gasteiger partial charge < -0.3 is 36.4 Å². The molecule has 0 aromatic heterocycles. The summed E-state index contributed by atoms with van der Waals surface area (Å²) in [6, 6.07) is 7.96. The van der Waals surface area contributed by atoms with Crippen LogP contribution in [0.15, 0.2) is 36.4 Å². The van der Waals surface area contributed by atoms with E-state index >= 15 is 0 Å². The van der Waals surface area contributed by atoms with Gasteiger partial charge in [-0.15, -0.1) is 0 Å². The van der Waals surface area contributed by atoms with E-state index in [1.54, 1.807) is 23.8 Å². The zero-order valence-electron chi connectivity index (χ0n) is 39.9. The second-order valence-corrected chi connectivity index (χ2v) is 19.5. The van der Waals surface area contributed by atoms with Crippen LogP contribution >= 0.6 is 0 Å². The van der Waals surface area contributed by atoms with Gasteiger partial charge in [-0.25, -0.2) is 0 Å². The summed E-state index contributed by atoms with van der Waals surface area (Å²) in [5, 5.41) is 15.3.